The maximum atomic E-state index is 11.3. The largest absolute Gasteiger partial charge is 0.398 e. The molecule has 4 nitrogen and oxygen atoms in total. The van der Waals surface area contributed by atoms with Gasteiger partial charge in [0.25, 0.3) is 0 Å². The Labute approximate surface area is 102 Å². The molecule has 94 valence electrons. The second kappa shape index (κ2) is 4.56. The number of rotatable bonds is 2. The first-order chi connectivity index (χ1) is 7.96. The SMILES string of the molecule is Cc1ccc(NC2CCS(=O)(=O)CC2)cc1N. The molecule has 1 aromatic carbocycles. The predicted octanol–water partition coefficient (Wildman–Crippen LogP) is 1.57. The van der Waals surface area contributed by atoms with E-state index >= 15 is 0 Å². The molecule has 0 spiro atoms. The normalized spacial score (nSPS) is 20.1. The van der Waals surface area contributed by atoms with Crippen molar-refractivity contribution in [2.24, 2.45) is 0 Å². The highest BCUT2D eigenvalue weighted by Gasteiger charge is 2.23. The van der Waals surface area contributed by atoms with Crippen LogP contribution in [0.2, 0.25) is 0 Å². The lowest BCUT2D eigenvalue weighted by molar-refractivity contribution is 0.559. The first-order valence-corrected chi connectivity index (χ1v) is 7.61. The molecular formula is C12H18N2O2S. The first kappa shape index (κ1) is 12.2. The minimum atomic E-state index is -2.79. The molecule has 1 saturated heterocycles. The van der Waals surface area contributed by atoms with Gasteiger partial charge < -0.3 is 11.1 Å². The first-order valence-electron chi connectivity index (χ1n) is 5.79. The van der Waals surface area contributed by atoms with Crippen molar-refractivity contribution in [3.8, 4) is 0 Å². The van der Waals surface area contributed by atoms with Crippen LogP contribution in [0.15, 0.2) is 18.2 Å². The molecule has 0 saturated carbocycles. The van der Waals surface area contributed by atoms with E-state index in [-0.39, 0.29) is 17.5 Å². The molecule has 0 amide bonds. The minimum Gasteiger partial charge on any atom is -0.398 e. The highest BCUT2D eigenvalue weighted by molar-refractivity contribution is 7.91. The van der Waals surface area contributed by atoms with Crippen LogP contribution in [0.25, 0.3) is 0 Å². The van der Waals surface area contributed by atoms with Crippen LogP contribution in [-0.4, -0.2) is 26.0 Å². The molecule has 1 aromatic rings. The summed E-state index contributed by atoms with van der Waals surface area (Å²) in [4.78, 5) is 0. The Balaban J connectivity index is 2.00. The fourth-order valence-electron chi connectivity index (χ4n) is 2.00. The van der Waals surface area contributed by atoms with Gasteiger partial charge in [-0.2, -0.15) is 0 Å². The van der Waals surface area contributed by atoms with E-state index in [1.807, 2.05) is 25.1 Å². The van der Waals surface area contributed by atoms with Crippen LogP contribution in [0.4, 0.5) is 11.4 Å². The molecule has 0 aromatic heterocycles. The van der Waals surface area contributed by atoms with E-state index in [9.17, 15) is 8.42 Å². The summed E-state index contributed by atoms with van der Waals surface area (Å²) in [6, 6.07) is 6.09. The number of aryl methyl sites for hydroxylation is 1. The van der Waals surface area contributed by atoms with E-state index in [0.29, 0.717) is 12.8 Å². The van der Waals surface area contributed by atoms with Gasteiger partial charge in [0.2, 0.25) is 0 Å². The Morgan fingerprint density at radius 1 is 1.29 bits per heavy atom. The van der Waals surface area contributed by atoms with Gasteiger partial charge in [-0.1, -0.05) is 6.07 Å². The topological polar surface area (TPSA) is 72.2 Å². The molecular weight excluding hydrogens is 236 g/mol. The van der Waals surface area contributed by atoms with Crippen molar-refractivity contribution >= 4 is 21.2 Å². The van der Waals surface area contributed by atoms with Crippen molar-refractivity contribution in [3.63, 3.8) is 0 Å². The summed E-state index contributed by atoms with van der Waals surface area (Å²) < 4.78 is 22.6. The molecule has 5 heteroatoms. The Kier molecular flexibility index (Phi) is 3.28. The predicted molar refractivity (Wildman–Crippen MR) is 70.9 cm³/mol. The summed E-state index contributed by atoms with van der Waals surface area (Å²) in [5, 5.41) is 3.34. The van der Waals surface area contributed by atoms with Crippen LogP contribution in [0, 0.1) is 6.92 Å². The average Bonchev–Trinajstić information content (AvgIpc) is 2.27. The average molecular weight is 254 g/mol. The van der Waals surface area contributed by atoms with Crippen LogP contribution in [0.5, 0.6) is 0 Å². The smallest absolute Gasteiger partial charge is 0.150 e. The molecule has 0 atom stereocenters. The Morgan fingerprint density at radius 3 is 2.53 bits per heavy atom. The van der Waals surface area contributed by atoms with Gasteiger partial charge in [0, 0.05) is 17.4 Å². The third-order valence-corrected chi connectivity index (χ3v) is 4.92. The lowest BCUT2D eigenvalue weighted by Crippen LogP contribution is -2.32. The molecule has 1 fully saturated rings. The summed E-state index contributed by atoms with van der Waals surface area (Å²) in [5.74, 6) is 0.567. The lowest BCUT2D eigenvalue weighted by Gasteiger charge is -2.24. The molecule has 3 N–H and O–H groups in total. The lowest BCUT2D eigenvalue weighted by atomic mass is 10.1. The highest BCUT2D eigenvalue weighted by Crippen LogP contribution is 2.21. The molecule has 1 aliphatic rings. The van der Waals surface area contributed by atoms with Crippen molar-refractivity contribution in [3.05, 3.63) is 23.8 Å². The number of nitrogen functional groups attached to an aromatic ring is 1. The summed E-state index contributed by atoms with van der Waals surface area (Å²) in [7, 11) is -2.79. The van der Waals surface area contributed by atoms with E-state index in [0.717, 1.165) is 16.9 Å². The number of hydrogen-bond donors (Lipinski definition) is 2. The van der Waals surface area contributed by atoms with Crippen molar-refractivity contribution in [1.29, 1.82) is 0 Å². The summed E-state index contributed by atoms with van der Waals surface area (Å²) in [5.41, 5.74) is 8.62. The van der Waals surface area contributed by atoms with Gasteiger partial charge in [-0.15, -0.1) is 0 Å². The molecule has 0 unspecified atom stereocenters. The monoisotopic (exact) mass is 254 g/mol. The highest BCUT2D eigenvalue weighted by atomic mass is 32.2. The van der Waals surface area contributed by atoms with E-state index in [1.54, 1.807) is 0 Å². The molecule has 1 aliphatic heterocycles. The zero-order valence-electron chi connectivity index (χ0n) is 9.94. The van der Waals surface area contributed by atoms with Crippen LogP contribution >= 0.6 is 0 Å². The van der Waals surface area contributed by atoms with Gasteiger partial charge in [0.05, 0.1) is 11.5 Å². The van der Waals surface area contributed by atoms with E-state index in [4.69, 9.17) is 5.73 Å². The number of nitrogens with two attached hydrogens (primary N) is 1. The van der Waals surface area contributed by atoms with Gasteiger partial charge >= 0.3 is 0 Å². The van der Waals surface area contributed by atoms with Gasteiger partial charge in [-0.25, -0.2) is 8.42 Å². The van der Waals surface area contributed by atoms with E-state index in [1.165, 1.54) is 0 Å². The third kappa shape index (κ3) is 3.12. The Morgan fingerprint density at radius 2 is 1.94 bits per heavy atom. The Bertz CT molecular complexity index is 497. The fraction of sp³-hybridized carbons (Fsp3) is 0.500. The van der Waals surface area contributed by atoms with Crippen LogP contribution in [-0.2, 0) is 9.84 Å². The maximum Gasteiger partial charge on any atom is 0.150 e. The molecule has 0 aliphatic carbocycles. The van der Waals surface area contributed by atoms with Crippen molar-refractivity contribution in [2.45, 2.75) is 25.8 Å². The van der Waals surface area contributed by atoms with Crippen LogP contribution in [0.3, 0.4) is 0 Å². The number of nitrogens with one attached hydrogen (secondary N) is 1. The van der Waals surface area contributed by atoms with Crippen LogP contribution < -0.4 is 11.1 Å². The van der Waals surface area contributed by atoms with Gasteiger partial charge in [-0.3, -0.25) is 0 Å². The molecule has 1 heterocycles. The fourth-order valence-corrected chi connectivity index (χ4v) is 3.49. The number of hydrogen-bond acceptors (Lipinski definition) is 4. The standard InChI is InChI=1S/C12H18N2O2S/c1-9-2-3-11(8-12(9)13)14-10-4-6-17(15,16)7-5-10/h2-3,8,10,14H,4-7,13H2,1H3. The zero-order chi connectivity index (χ0) is 12.5. The summed E-state index contributed by atoms with van der Waals surface area (Å²) in [6.45, 7) is 1.96. The molecule has 0 bridgehead atoms. The van der Waals surface area contributed by atoms with E-state index < -0.39 is 9.84 Å². The van der Waals surface area contributed by atoms with Crippen molar-refractivity contribution in [1.82, 2.24) is 0 Å². The summed E-state index contributed by atoms with van der Waals surface area (Å²) >= 11 is 0. The second-order valence-electron chi connectivity index (χ2n) is 4.64. The van der Waals surface area contributed by atoms with Crippen LogP contribution in [0.1, 0.15) is 18.4 Å². The molecule has 2 rings (SSSR count). The number of sulfone groups is 1. The second-order valence-corrected chi connectivity index (χ2v) is 6.95. The van der Waals surface area contributed by atoms with Gasteiger partial charge in [-0.05, 0) is 37.5 Å². The molecule has 17 heavy (non-hydrogen) atoms. The minimum absolute atomic E-state index is 0.237. The maximum absolute atomic E-state index is 11.3. The summed E-state index contributed by atoms with van der Waals surface area (Å²) in [6.07, 6.45) is 1.35. The molecule has 0 radical (unpaired) electrons. The zero-order valence-corrected chi connectivity index (χ0v) is 10.8. The third-order valence-electron chi connectivity index (χ3n) is 3.20. The van der Waals surface area contributed by atoms with E-state index in [2.05, 4.69) is 5.32 Å². The van der Waals surface area contributed by atoms with Gasteiger partial charge in [0.15, 0.2) is 0 Å². The number of anilines is 2. The van der Waals surface area contributed by atoms with Crippen molar-refractivity contribution in [2.75, 3.05) is 22.6 Å². The Hall–Kier alpha value is -1.23. The van der Waals surface area contributed by atoms with Gasteiger partial charge in [0.1, 0.15) is 9.84 Å². The van der Waals surface area contributed by atoms with Crippen molar-refractivity contribution < 1.29 is 8.42 Å². The quantitative estimate of drug-likeness (QED) is 0.786. The number of benzene rings is 1.